The van der Waals surface area contributed by atoms with E-state index < -0.39 is 10.0 Å². The summed E-state index contributed by atoms with van der Waals surface area (Å²) < 4.78 is 45.6. The molecule has 4 rings (SSSR count). The normalized spacial score (nSPS) is 11.0. The lowest BCUT2D eigenvalue weighted by Gasteiger charge is -2.13. The van der Waals surface area contributed by atoms with E-state index in [1.54, 1.807) is 62.9 Å². The van der Waals surface area contributed by atoms with Gasteiger partial charge in [-0.15, -0.1) is 0 Å². The molecule has 0 aliphatic heterocycles. The minimum atomic E-state index is -3.97. The van der Waals surface area contributed by atoms with Gasteiger partial charge in [0, 0.05) is 35.4 Å². The molecule has 0 spiro atoms. The Bertz CT molecular complexity index is 1590. The summed E-state index contributed by atoms with van der Waals surface area (Å²) in [5, 5.41) is 0.609. The van der Waals surface area contributed by atoms with Crippen LogP contribution in [0.2, 0.25) is 0 Å². The number of anilines is 1. The van der Waals surface area contributed by atoms with Crippen molar-refractivity contribution >= 4 is 26.6 Å². The van der Waals surface area contributed by atoms with E-state index in [0.717, 1.165) is 16.7 Å². The molecule has 1 aromatic heterocycles. The molecule has 1 N–H and O–H groups in total. The second-order valence-electron chi connectivity index (χ2n) is 7.98. The highest BCUT2D eigenvalue weighted by atomic mass is 32.2. The number of pyridine rings is 1. The maximum Gasteiger partial charge on any atom is 0.264 e. The Balaban J connectivity index is 1.71. The van der Waals surface area contributed by atoms with Crippen molar-refractivity contribution in [2.75, 3.05) is 26.1 Å². The number of sulfonamides is 1. The first-order valence-corrected chi connectivity index (χ1v) is 12.6. The maximum absolute atomic E-state index is 13.4. The highest BCUT2D eigenvalue weighted by molar-refractivity contribution is 7.93. The first-order chi connectivity index (χ1) is 17.4. The quantitative estimate of drug-likeness (QED) is 0.362. The van der Waals surface area contributed by atoms with E-state index in [9.17, 15) is 8.42 Å². The molecule has 3 aromatic carbocycles. The van der Waals surface area contributed by atoms with Crippen LogP contribution in [0.5, 0.6) is 11.5 Å². The van der Waals surface area contributed by atoms with Crippen LogP contribution in [0.15, 0.2) is 71.8 Å². The lowest BCUT2D eigenvalue weighted by atomic mass is 10.0. The predicted octanol–water partition coefficient (Wildman–Crippen LogP) is 4.91. The molecule has 0 unspecified atom stereocenters. The first kappa shape index (κ1) is 25.0. The van der Waals surface area contributed by atoms with Crippen molar-refractivity contribution in [2.45, 2.75) is 18.4 Å². The molecule has 0 saturated heterocycles. The van der Waals surface area contributed by atoms with E-state index >= 15 is 0 Å². The number of nitrogens with one attached hydrogen (secondary N) is 1. The molecule has 184 valence electrons. The molecule has 0 aliphatic carbocycles. The van der Waals surface area contributed by atoms with Crippen molar-refractivity contribution in [3.05, 3.63) is 89.1 Å². The van der Waals surface area contributed by atoms with Crippen LogP contribution in [0.3, 0.4) is 0 Å². The van der Waals surface area contributed by atoms with Gasteiger partial charge in [-0.1, -0.05) is 24.0 Å². The standard InChI is InChI=1S/C28H26N2O5S/c1-19-16-22(18-33-2)26(35-4)17-21(19)12-11-20-8-5-6-10-24(20)30-36(31,32)27-14-13-25(34-3)23-9-7-15-29-28(23)27/h5-10,13-17,30H,18H2,1-4H3. The second-order valence-corrected chi connectivity index (χ2v) is 9.63. The summed E-state index contributed by atoms with van der Waals surface area (Å²) in [6.45, 7) is 2.39. The fourth-order valence-electron chi connectivity index (χ4n) is 3.87. The van der Waals surface area contributed by atoms with Crippen LogP contribution in [-0.4, -0.2) is 34.7 Å². The van der Waals surface area contributed by atoms with Crippen molar-refractivity contribution in [3.63, 3.8) is 0 Å². The smallest absolute Gasteiger partial charge is 0.264 e. The van der Waals surface area contributed by atoms with Crippen LogP contribution in [0.25, 0.3) is 10.9 Å². The van der Waals surface area contributed by atoms with Gasteiger partial charge in [0.25, 0.3) is 10.0 Å². The summed E-state index contributed by atoms with van der Waals surface area (Å²) in [4.78, 5) is 4.35. The Morgan fingerprint density at radius 2 is 1.64 bits per heavy atom. The van der Waals surface area contributed by atoms with Crippen molar-refractivity contribution in [2.24, 2.45) is 0 Å². The molecule has 4 aromatic rings. The lowest BCUT2D eigenvalue weighted by molar-refractivity contribution is 0.181. The third kappa shape index (κ3) is 5.13. The zero-order valence-electron chi connectivity index (χ0n) is 20.5. The maximum atomic E-state index is 13.4. The van der Waals surface area contributed by atoms with Crippen LogP contribution < -0.4 is 14.2 Å². The third-order valence-electron chi connectivity index (χ3n) is 5.63. The van der Waals surface area contributed by atoms with Gasteiger partial charge < -0.3 is 14.2 Å². The summed E-state index contributed by atoms with van der Waals surface area (Å²) in [5.74, 6) is 7.48. The zero-order chi connectivity index (χ0) is 25.7. The molecule has 0 bridgehead atoms. The molecule has 7 nitrogen and oxygen atoms in total. The van der Waals surface area contributed by atoms with Crippen LogP contribution in [0.1, 0.15) is 22.3 Å². The summed E-state index contributed by atoms with van der Waals surface area (Å²) in [5.41, 5.74) is 3.89. The van der Waals surface area contributed by atoms with Gasteiger partial charge in [-0.25, -0.2) is 8.42 Å². The topological polar surface area (TPSA) is 86.8 Å². The van der Waals surface area contributed by atoms with Gasteiger partial charge in [0.05, 0.1) is 32.0 Å². The minimum Gasteiger partial charge on any atom is -0.496 e. The number of methoxy groups -OCH3 is 3. The fraction of sp³-hybridized carbons (Fsp3) is 0.179. The third-order valence-corrected chi connectivity index (χ3v) is 7.03. The highest BCUT2D eigenvalue weighted by Crippen LogP contribution is 2.31. The van der Waals surface area contributed by atoms with Gasteiger partial charge in [0.15, 0.2) is 0 Å². The Hall–Kier alpha value is -4.06. The summed E-state index contributed by atoms with van der Waals surface area (Å²) >= 11 is 0. The van der Waals surface area contributed by atoms with E-state index in [0.29, 0.717) is 40.3 Å². The molecule has 36 heavy (non-hydrogen) atoms. The number of para-hydroxylation sites is 1. The summed E-state index contributed by atoms with van der Waals surface area (Å²) in [6.07, 6.45) is 1.55. The lowest BCUT2D eigenvalue weighted by Crippen LogP contribution is -2.14. The first-order valence-electron chi connectivity index (χ1n) is 11.1. The molecule has 0 fully saturated rings. The number of ether oxygens (including phenoxy) is 3. The summed E-state index contributed by atoms with van der Waals surface area (Å²) in [6, 6.07) is 17.4. The molecule has 8 heteroatoms. The van der Waals surface area contributed by atoms with Crippen molar-refractivity contribution in [1.29, 1.82) is 0 Å². The number of fused-ring (bicyclic) bond motifs is 1. The number of hydrogen-bond acceptors (Lipinski definition) is 6. The average Bonchev–Trinajstić information content (AvgIpc) is 2.88. The number of aryl methyl sites for hydroxylation is 1. The number of nitrogens with zero attached hydrogens (tertiary/aromatic N) is 1. The predicted molar refractivity (Wildman–Crippen MR) is 140 cm³/mol. The van der Waals surface area contributed by atoms with Gasteiger partial charge in [-0.2, -0.15) is 0 Å². The molecule has 1 heterocycles. The van der Waals surface area contributed by atoms with Crippen LogP contribution in [0.4, 0.5) is 5.69 Å². The van der Waals surface area contributed by atoms with E-state index in [2.05, 4.69) is 21.5 Å². The molecular formula is C28H26N2O5S. The van der Waals surface area contributed by atoms with Crippen LogP contribution >= 0.6 is 0 Å². The molecule has 0 radical (unpaired) electrons. The van der Waals surface area contributed by atoms with Gasteiger partial charge in [0.2, 0.25) is 0 Å². The molecule has 0 atom stereocenters. The zero-order valence-corrected chi connectivity index (χ0v) is 21.3. The van der Waals surface area contributed by atoms with E-state index in [1.807, 2.05) is 19.1 Å². The molecule has 0 saturated carbocycles. The largest absolute Gasteiger partial charge is 0.496 e. The van der Waals surface area contributed by atoms with Crippen molar-refractivity contribution < 1.29 is 22.6 Å². The Kier molecular flexibility index (Phi) is 7.44. The van der Waals surface area contributed by atoms with Crippen molar-refractivity contribution in [1.82, 2.24) is 4.98 Å². The SMILES string of the molecule is COCc1cc(C)c(C#Cc2ccccc2NS(=O)(=O)c2ccc(OC)c3cccnc23)cc1OC. The minimum absolute atomic E-state index is 0.0518. The monoisotopic (exact) mass is 502 g/mol. The number of aromatic nitrogens is 1. The van der Waals surface area contributed by atoms with Gasteiger partial charge in [-0.3, -0.25) is 9.71 Å². The van der Waals surface area contributed by atoms with E-state index in [1.165, 1.54) is 13.2 Å². The van der Waals surface area contributed by atoms with Gasteiger partial charge >= 0.3 is 0 Å². The molecular weight excluding hydrogens is 476 g/mol. The van der Waals surface area contributed by atoms with Crippen molar-refractivity contribution in [3.8, 4) is 23.3 Å². The molecule has 0 amide bonds. The van der Waals surface area contributed by atoms with Crippen LogP contribution in [-0.2, 0) is 21.4 Å². The Morgan fingerprint density at radius 3 is 2.39 bits per heavy atom. The van der Waals surface area contributed by atoms with E-state index in [-0.39, 0.29) is 4.90 Å². The fourth-order valence-corrected chi connectivity index (χ4v) is 5.11. The number of rotatable bonds is 7. The Labute approximate surface area is 211 Å². The van der Waals surface area contributed by atoms with Gasteiger partial charge in [-0.05, 0) is 61.0 Å². The molecule has 0 aliphatic rings. The highest BCUT2D eigenvalue weighted by Gasteiger charge is 2.21. The van der Waals surface area contributed by atoms with Crippen LogP contribution in [0, 0.1) is 18.8 Å². The number of hydrogen-bond donors (Lipinski definition) is 1. The Morgan fingerprint density at radius 1 is 0.889 bits per heavy atom. The second kappa shape index (κ2) is 10.7. The van der Waals surface area contributed by atoms with E-state index in [4.69, 9.17) is 14.2 Å². The van der Waals surface area contributed by atoms with Gasteiger partial charge in [0.1, 0.15) is 16.4 Å². The summed E-state index contributed by atoms with van der Waals surface area (Å²) in [7, 11) is 0.793. The average molecular weight is 503 g/mol. The number of benzene rings is 3.